The second kappa shape index (κ2) is 8.00. The third-order valence-electron chi connectivity index (χ3n) is 5.77. The molecule has 1 N–H and O–H groups in total. The molecule has 2 aromatic carbocycles. The van der Waals surface area contributed by atoms with Crippen molar-refractivity contribution in [2.75, 3.05) is 23.9 Å². The number of benzene rings is 2. The van der Waals surface area contributed by atoms with Crippen molar-refractivity contribution >= 4 is 29.0 Å². The summed E-state index contributed by atoms with van der Waals surface area (Å²) in [5, 5.41) is 10.7. The van der Waals surface area contributed by atoms with Crippen LogP contribution in [-0.4, -0.2) is 40.5 Å². The van der Waals surface area contributed by atoms with Crippen molar-refractivity contribution in [3.8, 4) is 0 Å². The van der Waals surface area contributed by atoms with E-state index in [0.717, 1.165) is 17.8 Å². The quantitative estimate of drug-likeness (QED) is 0.761. The summed E-state index contributed by atoms with van der Waals surface area (Å²) in [6, 6.07) is 12.7. The fourth-order valence-corrected chi connectivity index (χ4v) is 5.40. The van der Waals surface area contributed by atoms with Gasteiger partial charge in [-0.2, -0.15) is 0 Å². The zero-order valence-electron chi connectivity index (χ0n) is 16.9. The minimum atomic E-state index is -0.648. The van der Waals surface area contributed by atoms with Crippen LogP contribution in [0.4, 0.5) is 15.8 Å². The molecule has 0 atom stereocenters. The third kappa shape index (κ3) is 4.14. The van der Waals surface area contributed by atoms with Gasteiger partial charge in [0.15, 0.2) is 0 Å². The number of hydrogen-bond acceptors (Lipinski definition) is 4. The van der Waals surface area contributed by atoms with Gasteiger partial charge in [-0.25, -0.2) is 4.39 Å². The molecule has 154 valence electrons. The van der Waals surface area contributed by atoms with Crippen LogP contribution in [0.15, 0.2) is 47.4 Å². The monoisotopic (exact) mass is 414 g/mol. The van der Waals surface area contributed by atoms with E-state index in [1.54, 1.807) is 6.07 Å². The maximum atomic E-state index is 14.0. The molecule has 0 bridgehead atoms. The highest BCUT2D eigenvalue weighted by Gasteiger charge is 2.34. The number of carbonyl (C=O) groups excluding carboxylic acids is 1. The first kappa shape index (κ1) is 20.2. The molecule has 1 amide bonds. The van der Waals surface area contributed by atoms with Gasteiger partial charge in [0.2, 0.25) is 0 Å². The number of carbonyl (C=O) groups is 1. The molecule has 0 radical (unpaired) electrons. The minimum absolute atomic E-state index is 0.00499. The van der Waals surface area contributed by atoms with Crippen LogP contribution in [0.25, 0.3) is 0 Å². The van der Waals surface area contributed by atoms with Crippen molar-refractivity contribution in [3.63, 3.8) is 0 Å². The van der Waals surface area contributed by atoms with Gasteiger partial charge in [-0.15, -0.1) is 0 Å². The van der Waals surface area contributed by atoms with E-state index >= 15 is 0 Å². The van der Waals surface area contributed by atoms with Crippen molar-refractivity contribution in [2.24, 2.45) is 5.92 Å². The number of hydrogen-bond donors (Lipinski definition) is 1. The van der Waals surface area contributed by atoms with Crippen LogP contribution in [0.2, 0.25) is 0 Å². The zero-order valence-corrected chi connectivity index (χ0v) is 17.7. The van der Waals surface area contributed by atoms with E-state index in [4.69, 9.17) is 0 Å². The summed E-state index contributed by atoms with van der Waals surface area (Å²) >= 11 is 1.49. The first-order valence-electron chi connectivity index (χ1n) is 10.2. The van der Waals surface area contributed by atoms with Crippen LogP contribution in [0.3, 0.4) is 0 Å². The van der Waals surface area contributed by atoms with Crippen LogP contribution in [0.1, 0.15) is 43.5 Å². The minimum Gasteiger partial charge on any atom is -0.390 e. The van der Waals surface area contributed by atoms with Gasteiger partial charge in [-0.05, 0) is 61.6 Å². The molecule has 1 fully saturated rings. The lowest BCUT2D eigenvalue weighted by Gasteiger charge is -2.39. The molecule has 29 heavy (non-hydrogen) atoms. The highest BCUT2D eigenvalue weighted by molar-refractivity contribution is 7.99. The van der Waals surface area contributed by atoms with E-state index in [9.17, 15) is 14.3 Å². The molecule has 4 rings (SSSR count). The summed E-state index contributed by atoms with van der Waals surface area (Å²) in [5.41, 5.74) is 1.82. The molecule has 0 aromatic heterocycles. The van der Waals surface area contributed by atoms with Crippen molar-refractivity contribution in [1.29, 1.82) is 0 Å². The molecule has 2 aliphatic heterocycles. The first-order chi connectivity index (χ1) is 13.9. The number of amides is 1. The standard InChI is InChI=1S/C23H27FN2O2S/c1-16(2)14-23(28)10-12-25(13-11-23)22(27)17-6-8-18(9-7-17)26-15-29-21-19(24)4-3-5-20(21)26/h3-9,16,28H,10-15H2,1-2H3. The predicted molar refractivity (Wildman–Crippen MR) is 115 cm³/mol. The van der Waals surface area contributed by atoms with Crippen molar-refractivity contribution in [3.05, 3.63) is 53.8 Å². The number of aliphatic hydroxyl groups is 1. The van der Waals surface area contributed by atoms with Crippen molar-refractivity contribution in [1.82, 2.24) is 4.90 Å². The molecule has 4 nitrogen and oxygen atoms in total. The lowest BCUT2D eigenvalue weighted by atomic mass is 9.84. The van der Waals surface area contributed by atoms with Gasteiger partial charge >= 0.3 is 0 Å². The number of fused-ring (bicyclic) bond motifs is 1. The topological polar surface area (TPSA) is 43.8 Å². The van der Waals surface area contributed by atoms with Gasteiger partial charge in [0, 0.05) is 24.3 Å². The SMILES string of the molecule is CC(C)CC1(O)CCN(C(=O)c2ccc(N3CSc4c(F)cccc43)cc2)CC1. The summed E-state index contributed by atoms with van der Waals surface area (Å²) in [6.45, 7) is 5.39. The Kier molecular flexibility index (Phi) is 5.58. The lowest BCUT2D eigenvalue weighted by molar-refractivity contribution is -0.0311. The van der Waals surface area contributed by atoms with E-state index < -0.39 is 5.60 Å². The normalized spacial score (nSPS) is 18.2. The van der Waals surface area contributed by atoms with Gasteiger partial charge in [-0.1, -0.05) is 31.7 Å². The van der Waals surface area contributed by atoms with Crippen LogP contribution < -0.4 is 4.90 Å². The van der Waals surface area contributed by atoms with Crippen LogP contribution in [0.5, 0.6) is 0 Å². The maximum Gasteiger partial charge on any atom is 0.253 e. The number of halogens is 1. The number of rotatable bonds is 4. The molecule has 2 aromatic rings. The largest absolute Gasteiger partial charge is 0.390 e. The molecule has 0 aliphatic carbocycles. The molecule has 2 heterocycles. The fourth-order valence-electron chi connectivity index (χ4n) is 4.32. The number of nitrogens with zero attached hydrogens (tertiary/aromatic N) is 2. The highest BCUT2D eigenvalue weighted by atomic mass is 32.2. The summed E-state index contributed by atoms with van der Waals surface area (Å²) in [5.74, 6) is 0.913. The molecule has 6 heteroatoms. The summed E-state index contributed by atoms with van der Waals surface area (Å²) < 4.78 is 14.0. The van der Waals surface area contributed by atoms with Crippen molar-refractivity contribution < 1.29 is 14.3 Å². The smallest absolute Gasteiger partial charge is 0.253 e. The molecule has 1 saturated heterocycles. The van der Waals surface area contributed by atoms with Gasteiger partial charge < -0.3 is 14.9 Å². The second-order valence-electron chi connectivity index (χ2n) is 8.45. The first-order valence-corrected chi connectivity index (χ1v) is 11.2. The van der Waals surface area contributed by atoms with E-state index in [1.165, 1.54) is 17.8 Å². The third-order valence-corrected chi connectivity index (χ3v) is 6.85. The Morgan fingerprint density at radius 2 is 1.86 bits per heavy atom. The Morgan fingerprint density at radius 1 is 1.17 bits per heavy atom. The highest BCUT2D eigenvalue weighted by Crippen LogP contribution is 2.44. The summed E-state index contributed by atoms with van der Waals surface area (Å²) in [4.78, 5) is 17.5. The maximum absolute atomic E-state index is 14.0. The Balaban J connectivity index is 1.43. The van der Waals surface area contributed by atoms with E-state index in [0.29, 0.717) is 48.2 Å². The van der Waals surface area contributed by atoms with Crippen LogP contribution in [0, 0.1) is 11.7 Å². The van der Waals surface area contributed by atoms with Gasteiger partial charge in [-0.3, -0.25) is 4.79 Å². The molecule has 0 unspecified atom stereocenters. The molecule has 0 spiro atoms. The van der Waals surface area contributed by atoms with E-state index in [-0.39, 0.29) is 11.7 Å². The summed E-state index contributed by atoms with van der Waals surface area (Å²) in [7, 11) is 0. The molecular weight excluding hydrogens is 387 g/mol. The Morgan fingerprint density at radius 3 is 2.52 bits per heavy atom. The van der Waals surface area contributed by atoms with Gasteiger partial charge in [0.1, 0.15) is 5.82 Å². The average molecular weight is 415 g/mol. The fraction of sp³-hybridized carbons (Fsp3) is 0.435. The average Bonchev–Trinajstić information content (AvgIpc) is 3.13. The molecular formula is C23H27FN2O2S. The Labute approximate surface area is 175 Å². The summed E-state index contributed by atoms with van der Waals surface area (Å²) in [6.07, 6.45) is 2.03. The van der Waals surface area contributed by atoms with Crippen LogP contribution >= 0.6 is 11.8 Å². The number of thioether (sulfide) groups is 1. The van der Waals surface area contributed by atoms with Crippen LogP contribution in [-0.2, 0) is 0 Å². The number of likely N-dealkylation sites (tertiary alicyclic amines) is 1. The van der Waals surface area contributed by atoms with E-state index in [1.807, 2.05) is 35.2 Å². The molecule has 0 saturated carbocycles. The van der Waals surface area contributed by atoms with Gasteiger partial charge in [0.25, 0.3) is 5.91 Å². The zero-order chi connectivity index (χ0) is 20.6. The number of piperidine rings is 1. The lowest BCUT2D eigenvalue weighted by Crippen LogP contribution is -2.47. The predicted octanol–water partition coefficient (Wildman–Crippen LogP) is 5.04. The Hall–Kier alpha value is -2.05. The second-order valence-corrected chi connectivity index (χ2v) is 9.41. The van der Waals surface area contributed by atoms with Gasteiger partial charge in [0.05, 0.1) is 22.1 Å². The number of anilines is 2. The Bertz CT molecular complexity index is 892. The van der Waals surface area contributed by atoms with E-state index in [2.05, 4.69) is 18.7 Å². The molecule has 2 aliphatic rings. The van der Waals surface area contributed by atoms with Crippen molar-refractivity contribution in [2.45, 2.75) is 43.6 Å².